The number of nitrogens with two attached hydrogens (primary N) is 1. The van der Waals surface area contributed by atoms with Gasteiger partial charge in [0.2, 0.25) is 0 Å². The molecule has 0 aliphatic carbocycles. The van der Waals surface area contributed by atoms with Crippen molar-refractivity contribution in [3.63, 3.8) is 0 Å². The maximum absolute atomic E-state index is 5.86. The molecule has 3 rings (SSSR count). The molecular weight excluding hydrogens is 256 g/mol. The largest absolute Gasteiger partial charge is 0.326 e. The molecule has 0 saturated carbocycles. The number of thiazole rings is 1. The van der Waals surface area contributed by atoms with Crippen molar-refractivity contribution in [3.8, 4) is 11.5 Å². The third kappa shape index (κ3) is 2.05. The van der Waals surface area contributed by atoms with Crippen LogP contribution in [0.15, 0.2) is 23.6 Å². The minimum atomic E-state index is -0.0318. The average Bonchev–Trinajstić information content (AvgIpc) is 2.94. The minimum absolute atomic E-state index is 0.0318. The van der Waals surface area contributed by atoms with E-state index >= 15 is 0 Å². The normalized spacial score (nSPS) is 13.1. The van der Waals surface area contributed by atoms with Crippen LogP contribution in [0.2, 0.25) is 0 Å². The molecule has 1 aromatic carbocycles. The average molecular weight is 272 g/mol. The molecule has 5 heteroatoms. The van der Waals surface area contributed by atoms with Crippen LogP contribution < -0.4 is 5.73 Å². The van der Waals surface area contributed by atoms with Crippen molar-refractivity contribution >= 4 is 22.4 Å². The summed E-state index contributed by atoms with van der Waals surface area (Å²) in [7, 11) is 2.02. The van der Waals surface area contributed by atoms with Gasteiger partial charge in [-0.05, 0) is 31.5 Å². The summed E-state index contributed by atoms with van der Waals surface area (Å²) in [5.74, 6) is 0.892. The van der Waals surface area contributed by atoms with Crippen LogP contribution in [-0.2, 0) is 7.05 Å². The molecule has 0 saturated heterocycles. The number of hydrogen-bond donors (Lipinski definition) is 1. The molecular formula is C14H16N4S. The first-order valence-electron chi connectivity index (χ1n) is 6.20. The smallest absolute Gasteiger partial charge is 0.160 e. The highest BCUT2D eigenvalue weighted by Gasteiger charge is 2.14. The summed E-state index contributed by atoms with van der Waals surface area (Å²) in [4.78, 5) is 9.25. The van der Waals surface area contributed by atoms with E-state index in [-0.39, 0.29) is 6.04 Å². The molecule has 1 unspecified atom stereocenters. The van der Waals surface area contributed by atoms with Gasteiger partial charge in [-0.25, -0.2) is 9.97 Å². The number of rotatable bonds is 2. The highest BCUT2D eigenvalue weighted by atomic mass is 32.1. The predicted octanol–water partition coefficient (Wildman–Crippen LogP) is 3.02. The van der Waals surface area contributed by atoms with Gasteiger partial charge in [-0.15, -0.1) is 11.3 Å². The lowest BCUT2D eigenvalue weighted by molar-refractivity contribution is 0.806. The van der Waals surface area contributed by atoms with Crippen LogP contribution in [0.4, 0.5) is 0 Å². The molecule has 3 aromatic rings. The fraction of sp³-hybridized carbons (Fsp3) is 0.286. The molecule has 1 atom stereocenters. The van der Waals surface area contributed by atoms with Gasteiger partial charge in [0, 0.05) is 12.4 Å². The topological polar surface area (TPSA) is 56.7 Å². The van der Waals surface area contributed by atoms with Crippen molar-refractivity contribution in [2.45, 2.75) is 19.9 Å². The molecule has 19 heavy (non-hydrogen) atoms. The van der Waals surface area contributed by atoms with E-state index in [1.54, 1.807) is 11.3 Å². The fourth-order valence-corrected chi connectivity index (χ4v) is 2.89. The summed E-state index contributed by atoms with van der Waals surface area (Å²) in [5, 5.41) is 2.96. The second-order valence-corrected chi connectivity index (χ2v) is 5.74. The van der Waals surface area contributed by atoms with Crippen molar-refractivity contribution in [1.29, 1.82) is 0 Å². The van der Waals surface area contributed by atoms with E-state index in [2.05, 4.69) is 39.7 Å². The highest BCUT2D eigenvalue weighted by Crippen LogP contribution is 2.27. The van der Waals surface area contributed by atoms with Crippen molar-refractivity contribution in [2.75, 3.05) is 0 Å². The van der Waals surface area contributed by atoms with Gasteiger partial charge in [0.25, 0.3) is 0 Å². The van der Waals surface area contributed by atoms with Gasteiger partial charge in [0.15, 0.2) is 5.82 Å². The van der Waals surface area contributed by atoms with Gasteiger partial charge < -0.3 is 10.3 Å². The number of aryl methyl sites for hydroxylation is 2. The van der Waals surface area contributed by atoms with E-state index in [1.165, 1.54) is 5.56 Å². The number of benzene rings is 1. The Morgan fingerprint density at radius 1 is 1.32 bits per heavy atom. The predicted molar refractivity (Wildman–Crippen MR) is 79.2 cm³/mol. The third-order valence-electron chi connectivity index (χ3n) is 3.18. The van der Waals surface area contributed by atoms with Crippen LogP contribution in [0.1, 0.15) is 23.5 Å². The first kappa shape index (κ1) is 12.3. The molecule has 4 nitrogen and oxygen atoms in total. The van der Waals surface area contributed by atoms with Gasteiger partial charge in [-0.3, -0.25) is 0 Å². The Labute approximate surface area is 115 Å². The number of nitrogens with zero attached hydrogens (tertiary/aromatic N) is 3. The molecule has 2 heterocycles. The SMILES string of the molecule is Cc1ccc2c(c1)nc(-c1csc(C(C)N)n1)n2C. The monoisotopic (exact) mass is 272 g/mol. The second-order valence-electron chi connectivity index (χ2n) is 4.85. The summed E-state index contributed by atoms with van der Waals surface area (Å²) in [6.07, 6.45) is 0. The van der Waals surface area contributed by atoms with Crippen molar-refractivity contribution < 1.29 is 0 Å². The molecule has 0 fully saturated rings. The second kappa shape index (κ2) is 4.43. The van der Waals surface area contributed by atoms with Crippen LogP contribution in [0.25, 0.3) is 22.6 Å². The maximum atomic E-state index is 5.86. The zero-order valence-electron chi connectivity index (χ0n) is 11.2. The van der Waals surface area contributed by atoms with E-state index in [1.807, 2.05) is 19.4 Å². The summed E-state index contributed by atoms with van der Waals surface area (Å²) in [6.45, 7) is 4.02. The van der Waals surface area contributed by atoms with Crippen molar-refractivity contribution in [3.05, 3.63) is 34.2 Å². The fourth-order valence-electron chi connectivity index (χ4n) is 2.14. The van der Waals surface area contributed by atoms with Gasteiger partial charge in [0.1, 0.15) is 10.7 Å². The number of aromatic nitrogens is 3. The summed E-state index contributed by atoms with van der Waals surface area (Å²) in [6, 6.07) is 6.26. The van der Waals surface area contributed by atoms with E-state index in [9.17, 15) is 0 Å². The van der Waals surface area contributed by atoms with Crippen molar-refractivity contribution in [2.24, 2.45) is 12.8 Å². The summed E-state index contributed by atoms with van der Waals surface area (Å²) >= 11 is 1.58. The first-order chi connectivity index (χ1) is 9.06. The Bertz CT molecular complexity index is 739. The lowest BCUT2D eigenvalue weighted by atomic mass is 10.2. The molecule has 0 radical (unpaired) electrons. The third-order valence-corrected chi connectivity index (χ3v) is 4.22. The minimum Gasteiger partial charge on any atom is -0.326 e. The number of hydrogen-bond acceptors (Lipinski definition) is 4. The molecule has 0 spiro atoms. The first-order valence-corrected chi connectivity index (χ1v) is 7.08. The Kier molecular flexibility index (Phi) is 2.88. The van der Waals surface area contributed by atoms with Crippen molar-refractivity contribution in [1.82, 2.24) is 14.5 Å². The van der Waals surface area contributed by atoms with Crippen LogP contribution in [0, 0.1) is 6.92 Å². The summed E-state index contributed by atoms with van der Waals surface area (Å²) < 4.78 is 2.08. The zero-order chi connectivity index (χ0) is 13.6. The molecule has 0 aliphatic heterocycles. The highest BCUT2D eigenvalue weighted by molar-refractivity contribution is 7.10. The quantitative estimate of drug-likeness (QED) is 0.780. The van der Waals surface area contributed by atoms with E-state index in [0.717, 1.165) is 27.6 Å². The molecule has 98 valence electrons. The molecule has 2 N–H and O–H groups in total. The Morgan fingerprint density at radius 3 is 2.79 bits per heavy atom. The summed E-state index contributed by atoms with van der Waals surface area (Å²) in [5.41, 5.74) is 10.1. The maximum Gasteiger partial charge on any atom is 0.160 e. The molecule has 0 amide bonds. The van der Waals surface area contributed by atoms with E-state index in [4.69, 9.17) is 5.73 Å². The van der Waals surface area contributed by atoms with E-state index < -0.39 is 0 Å². The molecule has 0 bridgehead atoms. The zero-order valence-corrected chi connectivity index (χ0v) is 12.0. The number of imidazole rings is 1. The van der Waals surface area contributed by atoms with Gasteiger partial charge in [-0.2, -0.15) is 0 Å². The van der Waals surface area contributed by atoms with E-state index in [0.29, 0.717) is 0 Å². The Balaban J connectivity index is 2.16. The lowest BCUT2D eigenvalue weighted by Gasteiger charge is -1.99. The van der Waals surface area contributed by atoms with Gasteiger partial charge in [-0.1, -0.05) is 6.07 Å². The van der Waals surface area contributed by atoms with Crippen LogP contribution in [0.5, 0.6) is 0 Å². The Morgan fingerprint density at radius 2 is 2.11 bits per heavy atom. The van der Waals surface area contributed by atoms with Gasteiger partial charge >= 0.3 is 0 Å². The lowest BCUT2D eigenvalue weighted by Crippen LogP contribution is -2.04. The van der Waals surface area contributed by atoms with Crippen LogP contribution in [-0.4, -0.2) is 14.5 Å². The molecule has 2 aromatic heterocycles. The van der Waals surface area contributed by atoms with Crippen LogP contribution >= 0.6 is 11.3 Å². The Hall–Kier alpha value is -1.72. The molecule has 0 aliphatic rings. The standard InChI is InChI=1S/C14H16N4S/c1-8-4-5-12-10(6-8)16-13(18(12)3)11-7-19-14(17-11)9(2)15/h4-7,9H,15H2,1-3H3. The van der Waals surface area contributed by atoms with Gasteiger partial charge in [0.05, 0.1) is 17.1 Å². The number of fused-ring (bicyclic) bond motifs is 1. The van der Waals surface area contributed by atoms with Crippen LogP contribution in [0.3, 0.4) is 0 Å².